The number of aromatic nitrogens is 1. The SMILES string of the molecule is Fc1ccccc1-c1ccc(OCC2CCN(CC3(C(F)(F)F)CCC3)CC2)nc1. The molecule has 0 bridgehead atoms. The molecule has 1 aliphatic carbocycles. The number of nitrogens with zero attached hydrogens (tertiary/aromatic N) is 2. The maximum Gasteiger partial charge on any atom is 0.395 e. The molecule has 1 aliphatic heterocycles. The van der Waals surface area contributed by atoms with Crippen LogP contribution in [0.4, 0.5) is 17.6 Å². The van der Waals surface area contributed by atoms with Crippen molar-refractivity contribution in [3.8, 4) is 17.0 Å². The topological polar surface area (TPSA) is 25.4 Å². The van der Waals surface area contributed by atoms with Crippen LogP contribution in [-0.2, 0) is 0 Å². The third-order valence-corrected chi connectivity index (χ3v) is 6.53. The predicted molar refractivity (Wildman–Crippen MR) is 107 cm³/mol. The molecule has 30 heavy (non-hydrogen) atoms. The average molecular weight is 422 g/mol. The fourth-order valence-corrected chi connectivity index (χ4v) is 4.40. The Morgan fingerprint density at radius 2 is 1.80 bits per heavy atom. The maximum atomic E-state index is 13.9. The molecule has 2 aromatic rings. The smallest absolute Gasteiger partial charge is 0.395 e. The van der Waals surface area contributed by atoms with Crippen LogP contribution in [0.2, 0.25) is 0 Å². The number of rotatable bonds is 6. The molecule has 1 aromatic carbocycles. The van der Waals surface area contributed by atoms with Crippen LogP contribution >= 0.6 is 0 Å². The summed E-state index contributed by atoms with van der Waals surface area (Å²) in [6.45, 7) is 1.96. The van der Waals surface area contributed by atoms with Crippen molar-refractivity contribution in [2.45, 2.75) is 38.3 Å². The molecule has 0 spiro atoms. The number of piperidine rings is 1. The Morgan fingerprint density at radius 3 is 2.37 bits per heavy atom. The first kappa shape index (κ1) is 21.1. The van der Waals surface area contributed by atoms with E-state index in [4.69, 9.17) is 4.74 Å². The third-order valence-electron chi connectivity index (χ3n) is 6.53. The molecular formula is C23H26F4N2O. The molecule has 3 nitrogen and oxygen atoms in total. The molecule has 1 saturated heterocycles. The largest absolute Gasteiger partial charge is 0.477 e. The number of hydrogen-bond donors (Lipinski definition) is 0. The molecule has 7 heteroatoms. The Bertz CT molecular complexity index is 841. The van der Waals surface area contributed by atoms with E-state index in [2.05, 4.69) is 4.98 Å². The molecule has 2 fully saturated rings. The van der Waals surface area contributed by atoms with E-state index in [1.807, 2.05) is 4.90 Å². The van der Waals surface area contributed by atoms with E-state index in [1.165, 1.54) is 6.07 Å². The fourth-order valence-electron chi connectivity index (χ4n) is 4.40. The van der Waals surface area contributed by atoms with E-state index in [-0.39, 0.29) is 25.2 Å². The lowest BCUT2D eigenvalue weighted by molar-refractivity contribution is -0.256. The molecule has 1 saturated carbocycles. The number of benzene rings is 1. The summed E-state index contributed by atoms with van der Waals surface area (Å²) in [5.74, 6) is 0.481. The van der Waals surface area contributed by atoms with Crippen LogP contribution in [0, 0.1) is 17.2 Å². The Hall–Kier alpha value is -2.15. The molecular weight excluding hydrogens is 396 g/mol. The van der Waals surface area contributed by atoms with Crippen LogP contribution in [0.5, 0.6) is 5.88 Å². The van der Waals surface area contributed by atoms with E-state index >= 15 is 0 Å². The minimum absolute atomic E-state index is 0.128. The lowest BCUT2D eigenvalue weighted by atomic mass is 9.67. The Morgan fingerprint density at radius 1 is 1.07 bits per heavy atom. The van der Waals surface area contributed by atoms with Crippen molar-refractivity contribution < 1.29 is 22.3 Å². The van der Waals surface area contributed by atoms with E-state index in [0.717, 1.165) is 12.8 Å². The van der Waals surface area contributed by atoms with E-state index in [0.29, 0.717) is 49.0 Å². The van der Waals surface area contributed by atoms with Gasteiger partial charge < -0.3 is 9.64 Å². The van der Waals surface area contributed by atoms with Crippen molar-refractivity contribution in [3.63, 3.8) is 0 Å². The zero-order valence-corrected chi connectivity index (χ0v) is 16.8. The summed E-state index contributed by atoms with van der Waals surface area (Å²) in [4.78, 5) is 6.23. The molecule has 0 amide bonds. The zero-order valence-electron chi connectivity index (χ0n) is 16.8. The molecule has 0 atom stereocenters. The first-order valence-corrected chi connectivity index (χ1v) is 10.5. The highest BCUT2D eigenvalue weighted by atomic mass is 19.4. The molecule has 0 radical (unpaired) electrons. The Kier molecular flexibility index (Phi) is 6.00. The van der Waals surface area contributed by atoms with Gasteiger partial charge in [-0.1, -0.05) is 24.6 Å². The quantitative estimate of drug-likeness (QED) is 0.558. The van der Waals surface area contributed by atoms with Gasteiger partial charge in [0.05, 0.1) is 12.0 Å². The first-order valence-electron chi connectivity index (χ1n) is 10.5. The third kappa shape index (κ3) is 4.46. The van der Waals surface area contributed by atoms with Crippen molar-refractivity contribution in [3.05, 3.63) is 48.4 Å². The number of pyridine rings is 1. The second kappa shape index (κ2) is 8.53. The standard InChI is InChI=1S/C23H26F4N2O/c24-20-5-2-1-4-19(20)18-6-7-21(28-14-18)30-15-17-8-12-29(13-9-17)16-22(10-3-11-22)23(25,26)27/h1-2,4-7,14,17H,3,8-13,15-16H2. The first-order chi connectivity index (χ1) is 14.4. The highest BCUT2D eigenvalue weighted by molar-refractivity contribution is 5.63. The average Bonchev–Trinajstić information content (AvgIpc) is 2.70. The highest BCUT2D eigenvalue weighted by Gasteiger charge is 2.58. The van der Waals surface area contributed by atoms with Gasteiger partial charge in [0.2, 0.25) is 5.88 Å². The van der Waals surface area contributed by atoms with Gasteiger partial charge in [0.15, 0.2) is 0 Å². The minimum Gasteiger partial charge on any atom is -0.477 e. The van der Waals surface area contributed by atoms with Crippen LogP contribution < -0.4 is 4.74 Å². The fraction of sp³-hybridized carbons (Fsp3) is 0.522. The minimum atomic E-state index is -4.11. The lowest BCUT2D eigenvalue weighted by Gasteiger charge is -2.47. The number of hydrogen-bond acceptors (Lipinski definition) is 3. The van der Waals surface area contributed by atoms with Crippen molar-refractivity contribution in [2.75, 3.05) is 26.2 Å². The van der Waals surface area contributed by atoms with E-state index in [9.17, 15) is 17.6 Å². The van der Waals surface area contributed by atoms with Crippen molar-refractivity contribution in [1.82, 2.24) is 9.88 Å². The summed E-state index contributed by atoms with van der Waals surface area (Å²) < 4.78 is 59.8. The number of alkyl halides is 3. The molecule has 4 rings (SSSR count). The van der Waals surface area contributed by atoms with Gasteiger partial charge in [0, 0.05) is 29.9 Å². The van der Waals surface area contributed by atoms with Gasteiger partial charge in [-0.25, -0.2) is 9.37 Å². The zero-order chi connectivity index (χ0) is 21.2. The molecule has 162 valence electrons. The molecule has 0 unspecified atom stereocenters. The number of halogens is 4. The molecule has 2 aliphatic rings. The maximum absolute atomic E-state index is 13.9. The predicted octanol–water partition coefficient (Wildman–Crippen LogP) is 5.71. The van der Waals surface area contributed by atoms with Crippen molar-refractivity contribution >= 4 is 0 Å². The molecule has 1 aromatic heterocycles. The normalized spacial score (nSPS) is 20.0. The van der Waals surface area contributed by atoms with Crippen LogP contribution in [0.1, 0.15) is 32.1 Å². The van der Waals surface area contributed by atoms with Crippen LogP contribution in [0.3, 0.4) is 0 Å². The summed E-state index contributed by atoms with van der Waals surface area (Å²) in [5, 5.41) is 0. The Labute approximate surface area is 174 Å². The summed E-state index contributed by atoms with van der Waals surface area (Å²) in [6.07, 6.45) is 0.314. The van der Waals surface area contributed by atoms with Crippen LogP contribution in [0.15, 0.2) is 42.6 Å². The van der Waals surface area contributed by atoms with Crippen LogP contribution in [-0.4, -0.2) is 42.3 Å². The van der Waals surface area contributed by atoms with Gasteiger partial charge in [-0.15, -0.1) is 0 Å². The van der Waals surface area contributed by atoms with Gasteiger partial charge in [0.1, 0.15) is 5.82 Å². The lowest BCUT2D eigenvalue weighted by Crippen LogP contribution is -2.53. The number of likely N-dealkylation sites (tertiary alicyclic amines) is 1. The van der Waals surface area contributed by atoms with E-state index < -0.39 is 11.6 Å². The highest BCUT2D eigenvalue weighted by Crippen LogP contribution is 2.53. The van der Waals surface area contributed by atoms with Gasteiger partial charge in [-0.3, -0.25) is 0 Å². The van der Waals surface area contributed by atoms with Gasteiger partial charge in [0.25, 0.3) is 0 Å². The van der Waals surface area contributed by atoms with Crippen LogP contribution in [0.25, 0.3) is 11.1 Å². The monoisotopic (exact) mass is 422 g/mol. The summed E-state index contributed by atoms with van der Waals surface area (Å²) in [5.41, 5.74) is -0.310. The van der Waals surface area contributed by atoms with Gasteiger partial charge in [-0.05, 0) is 56.8 Å². The molecule has 2 heterocycles. The molecule has 0 N–H and O–H groups in total. The second-order valence-electron chi connectivity index (χ2n) is 8.53. The summed E-state index contributed by atoms with van der Waals surface area (Å²) in [7, 11) is 0. The summed E-state index contributed by atoms with van der Waals surface area (Å²) in [6, 6.07) is 10.0. The second-order valence-corrected chi connectivity index (χ2v) is 8.53. The van der Waals surface area contributed by atoms with Crippen molar-refractivity contribution in [2.24, 2.45) is 11.3 Å². The van der Waals surface area contributed by atoms with Gasteiger partial charge in [-0.2, -0.15) is 13.2 Å². The number of ether oxygens (including phenoxy) is 1. The van der Waals surface area contributed by atoms with Gasteiger partial charge >= 0.3 is 6.18 Å². The summed E-state index contributed by atoms with van der Waals surface area (Å²) >= 11 is 0. The Balaban J connectivity index is 1.25. The van der Waals surface area contributed by atoms with Crippen molar-refractivity contribution in [1.29, 1.82) is 0 Å². The van der Waals surface area contributed by atoms with E-state index in [1.54, 1.807) is 36.5 Å².